The lowest BCUT2D eigenvalue weighted by Crippen LogP contribution is -1.94. The minimum absolute atomic E-state index is 0.145. The number of benzene rings is 2. The molecule has 116 valence electrons. The van der Waals surface area contributed by atoms with E-state index >= 15 is 0 Å². The number of methoxy groups -OCH3 is 2. The van der Waals surface area contributed by atoms with Crippen LogP contribution in [0.1, 0.15) is 11.1 Å². The Morgan fingerprint density at radius 1 is 1.17 bits per heavy atom. The minimum Gasteiger partial charge on any atom is -0.497 e. The number of nitriles is 1. The third-order valence-electron chi connectivity index (χ3n) is 3.23. The predicted molar refractivity (Wildman–Crippen MR) is 86.1 cm³/mol. The van der Waals surface area contributed by atoms with Crippen LogP contribution in [0.15, 0.2) is 42.5 Å². The van der Waals surface area contributed by atoms with Crippen LogP contribution in [0.25, 0.3) is 11.6 Å². The van der Waals surface area contributed by atoms with Crippen LogP contribution in [0.5, 0.6) is 11.5 Å². The molecule has 0 saturated heterocycles. The van der Waals surface area contributed by atoms with Gasteiger partial charge < -0.3 is 9.47 Å². The van der Waals surface area contributed by atoms with E-state index in [9.17, 15) is 15.4 Å². The van der Waals surface area contributed by atoms with E-state index in [4.69, 9.17) is 9.47 Å². The fourth-order valence-electron chi connectivity index (χ4n) is 2.06. The molecule has 0 saturated carbocycles. The fraction of sp³-hybridized carbons (Fsp3) is 0.118. The van der Waals surface area contributed by atoms with Gasteiger partial charge in [-0.15, -0.1) is 0 Å². The van der Waals surface area contributed by atoms with Gasteiger partial charge in [0.1, 0.15) is 5.75 Å². The molecule has 6 nitrogen and oxygen atoms in total. The minimum atomic E-state index is -0.518. The van der Waals surface area contributed by atoms with Crippen LogP contribution >= 0.6 is 0 Å². The first kappa shape index (κ1) is 16.0. The molecule has 0 heterocycles. The van der Waals surface area contributed by atoms with Gasteiger partial charge in [0.15, 0.2) is 5.75 Å². The van der Waals surface area contributed by atoms with Crippen molar-refractivity contribution in [2.24, 2.45) is 0 Å². The van der Waals surface area contributed by atoms with Crippen LogP contribution in [0.2, 0.25) is 0 Å². The smallest absolute Gasteiger partial charge is 0.311 e. The first-order valence-electron chi connectivity index (χ1n) is 6.67. The third-order valence-corrected chi connectivity index (χ3v) is 3.23. The van der Waals surface area contributed by atoms with Crippen LogP contribution in [-0.2, 0) is 0 Å². The van der Waals surface area contributed by atoms with Crippen molar-refractivity contribution in [1.82, 2.24) is 0 Å². The quantitative estimate of drug-likeness (QED) is 0.364. The van der Waals surface area contributed by atoms with Crippen molar-refractivity contribution < 1.29 is 14.4 Å². The van der Waals surface area contributed by atoms with Crippen LogP contribution in [0.4, 0.5) is 5.69 Å². The van der Waals surface area contributed by atoms with Gasteiger partial charge in [-0.2, -0.15) is 5.26 Å². The average molecular weight is 310 g/mol. The number of hydrogen-bond acceptors (Lipinski definition) is 5. The number of ether oxygens (including phenoxy) is 2. The van der Waals surface area contributed by atoms with E-state index in [1.54, 1.807) is 43.5 Å². The van der Waals surface area contributed by atoms with Gasteiger partial charge in [0.2, 0.25) is 0 Å². The number of nitro groups is 1. The second-order valence-electron chi connectivity index (χ2n) is 4.59. The molecule has 2 rings (SSSR count). The van der Waals surface area contributed by atoms with E-state index in [2.05, 4.69) is 6.07 Å². The number of hydrogen-bond donors (Lipinski definition) is 0. The van der Waals surface area contributed by atoms with E-state index in [-0.39, 0.29) is 11.4 Å². The zero-order valence-corrected chi connectivity index (χ0v) is 12.6. The Bertz CT molecular complexity index is 789. The van der Waals surface area contributed by atoms with Crippen molar-refractivity contribution in [3.8, 4) is 17.6 Å². The second kappa shape index (κ2) is 7.09. The molecule has 0 aliphatic heterocycles. The first-order chi connectivity index (χ1) is 11.1. The molecule has 0 radical (unpaired) electrons. The summed E-state index contributed by atoms with van der Waals surface area (Å²) in [6, 6.07) is 13.6. The Hall–Kier alpha value is -3.33. The molecular weight excluding hydrogens is 296 g/mol. The highest BCUT2D eigenvalue weighted by Crippen LogP contribution is 2.29. The van der Waals surface area contributed by atoms with Crippen LogP contribution in [-0.4, -0.2) is 19.1 Å². The summed E-state index contributed by atoms with van der Waals surface area (Å²) in [5, 5.41) is 20.4. The predicted octanol–water partition coefficient (Wildman–Crippen LogP) is 3.68. The van der Waals surface area contributed by atoms with Gasteiger partial charge in [-0.1, -0.05) is 6.07 Å². The van der Waals surface area contributed by atoms with Crippen molar-refractivity contribution in [2.45, 2.75) is 0 Å². The summed E-state index contributed by atoms with van der Waals surface area (Å²) in [4.78, 5) is 10.5. The number of allylic oxidation sites excluding steroid dienone is 1. The van der Waals surface area contributed by atoms with Gasteiger partial charge in [-0.3, -0.25) is 10.1 Å². The van der Waals surface area contributed by atoms with Gasteiger partial charge in [-0.05, 0) is 47.5 Å². The van der Waals surface area contributed by atoms with Crippen molar-refractivity contribution in [1.29, 1.82) is 5.26 Å². The first-order valence-corrected chi connectivity index (χ1v) is 6.67. The van der Waals surface area contributed by atoms with Crippen molar-refractivity contribution in [2.75, 3.05) is 14.2 Å². The zero-order chi connectivity index (χ0) is 16.8. The largest absolute Gasteiger partial charge is 0.497 e. The highest BCUT2D eigenvalue weighted by atomic mass is 16.6. The molecule has 2 aromatic rings. The molecule has 0 atom stereocenters. The molecule has 0 aromatic heterocycles. The molecule has 23 heavy (non-hydrogen) atoms. The van der Waals surface area contributed by atoms with Crippen molar-refractivity contribution >= 4 is 17.3 Å². The summed E-state index contributed by atoms with van der Waals surface area (Å²) in [6.45, 7) is 0. The highest BCUT2D eigenvalue weighted by molar-refractivity contribution is 5.90. The van der Waals surface area contributed by atoms with Gasteiger partial charge in [0, 0.05) is 6.07 Å². The Morgan fingerprint density at radius 2 is 1.87 bits per heavy atom. The Balaban J connectivity index is 2.43. The number of rotatable bonds is 5. The second-order valence-corrected chi connectivity index (χ2v) is 4.59. The van der Waals surface area contributed by atoms with E-state index in [0.717, 1.165) is 0 Å². The third kappa shape index (κ3) is 3.66. The zero-order valence-electron chi connectivity index (χ0n) is 12.6. The summed E-state index contributed by atoms with van der Waals surface area (Å²) in [5.41, 5.74) is 1.50. The highest BCUT2D eigenvalue weighted by Gasteiger charge is 2.14. The number of nitro benzene ring substituents is 1. The van der Waals surface area contributed by atoms with E-state index < -0.39 is 4.92 Å². The Kier molecular flexibility index (Phi) is 4.95. The van der Waals surface area contributed by atoms with E-state index in [0.29, 0.717) is 22.4 Å². The molecule has 0 N–H and O–H groups in total. The van der Waals surface area contributed by atoms with Gasteiger partial charge in [0.05, 0.1) is 30.8 Å². The monoisotopic (exact) mass is 310 g/mol. The summed E-state index contributed by atoms with van der Waals surface area (Å²) < 4.78 is 10.0. The summed E-state index contributed by atoms with van der Waals surface area (Å²) in [5.74, 6) is 0.862. The summed E-state index contributed by atoms with van der Waals surface area (Å²) in [6.07, 6.45) is 1.59. The van der Waals surface area contributed by atoms with Crippen molar-refractivity contribution in [3.63, 3.8) is 0 Å². The molecular formula is C17H14N2O4. The molecule has 2 aromatic carbocycles. The van der Waals surface area contributed by atoms with Crippen LogP contribution < -0.4 is 9.47 Å². The fourth-order valence-corrected chi connectivity index (χ4v) is 2.06. The maximum atomic E-state index is 11.1. The molecule has 0 aliphatic rings. The molecule has 0 unspecified atom stereocenters. The molecule has 0 aliphatic carbocycles. The van der Waals surface area contributed by atoms with Crippen molar-refractivity contribution in [3.05, 3.63) is 63.7 Å². The topological polar surface area (TPSA) is 85.4 Å². The van der Waals surface area contributed by atoms with Gasteiger partial charge >= 0.3 is 5.69 Å². The van der Waals surface area contributed by atoms with Crippen LogP contribution in [0.3, 0.4) is 0 Å². The maximum Gasteiger partial charge on any atom is 0.311 e. The molecule has 6 heteroatoms. The molecule has 0 fully saturated rings. The SMILES string of the molecule is COc1ccc(/C(C#N)=C/c2ccc(OC)c([N+](=O)[O-])c2)cc1. The molecule has 0 amide bonds. The summed E-state index contributed by atoms with van der Waals surface area (Å²) >= 11 is 0. The standard InChI is InChI=1S/C17H14N2O4/c1-22-15-6-4-13(5-7-15)14(11-18)9-12-3-8-17(23-2)16(10-12)19(20)21/h3-10H,1-2H3/b14-9+. The molecule has 0 spiro atoms. The van der Waals surface area contributed by atoms with E-state index in [1.165, 1.54) is 19.2 Å². The van der Waals surface area contributed by atoms with E-state index in [1.807, 2.05) is 0 Å². The Morgan fingerprint density at radius 3 is 2.39 bits per heavy atom. The number of nitrogens with zero attached hydrogens (tertiary/aromatic N) is 2. The average Bonchev–Trinajstić information content (AvgIpc) is 2.59. The lowest BCUT2D eigenvalue weighted by atomic mass is 10.0. The lowest BCUT2D eigenvalue weighted by Gasteiger charge is -2.04. The molecule has 0 bridgehead atoms. The normalized spacial score (nSPS) is 10.7. The lowest BCUT2D eigenvalue weighted by molar-refractivity contribution is -0.385. The van der Waals surface area contributed by atoms with Crippen LogP contribution in [0, 0.1) is 21.4 Å². The summed E-state index contributed by atoms with van der Waals surface area (Å²) in [7, 11) is 2.93. The Labute approximate surface area is 133 Å². The van der Waals surface area contributed by atoms with Gasteiger partial charge in [0.25, 0.3) is 0 Å². The van der Waals surface area contributed by atoms with Gasteiger partial charge in [-0.25, -0.2) is 0 Å². The maximum absolute atomic E-state index is 11.1.